The lowest BCUT2D eigenvalue weighted by Crippen LogP contribution is -2.22. The SMILES string of the molecule is C[Si](C)(C)CCOCn1ccc2c(-c3c[nH]cc3C#N)ncnc21. The van der Waals surface area contributed by atoms with Gasteiger partial charge in [-0.25, -0.2) is 9.97 Å². The van der Waals surface area contributed by atoms with Gasteiger partial charge in [0.25, 0.3) is 0 Å². The monoisotopic (exact) mass is 339 g/mol. The third kappa shape index (κ3) is 3.40. The minimum absolute atomic E-state index is 0.475. The van der Waals surface area contributed by atoms with Crippen molar-refractivity contribution in [2.24, 2.45) is 0 Å². The molecule has 6 nitrogen and oxygen atoms in total. The zero-order valence-electron chi connectivity index (χ0n) is 14.2. The molecule has 24 heavy (non-hydrogen) atoms. The number of H-pyrrole nitrogens is 1. The number of nitrogens with zero attached hydrogens (tertiary/aromatic N) is 4. The second-order valence-electron chi connectivity index (χ2n) is 6.99. The van der Waals surface area contributed by atoms with Crippen LogP contribution in [0.25, 0.3) is 22.3 Å². The maximum absolute atomic E-state index is 9.22. The first kappa shape index (κ1) is 16.4. The molecule has 0 atom stereocenters. The highest BCUT2D eigenvalue weighted by Crippen LogP contribution is 2.28. The van der Waals surface area contributed by atoms with E-state index >= 15 is 0 Å². The van der Waals surface area contributed by atoms with Crippen molar-refractivity contribution in [3.05, 3.63) is 36.5 Å². The molecule has 0 aliphatic heterocycles. The van der Waals surface area contributed by atoms with Crippen LogP contribution in [0.15, 0.2) is 31.0 Å². The fourth-order valence-corrected chi connectivity index (χ4v) is 3.27. The van der Waals surface area contributed by atoms with E-state index in [-0.39, 0.29) is 0 Å². The summed E-state index contributed by atoms with van der Waals surface area (Å²) >= 11 is 0. The van der Waals surface area contributed by atoms with Crippen LogP contribution in [0, 0.1) is 11.3 Å². The molecule has 3 aromatic heterocycles. The Balaban J connectivity index is 1.84. The predicted molar refractivity (Wildman–Crippen MR) is 96.1 cm³/mol. The molecule has 0 radical (unpaired) electrons. The summed E-state index contributed by atoms with van der Waals surface area (Å²) in [6, 6.07) is 5.30. The minimum Gasteiger partial charge on any atom is -0.366 e. The van der Waals surface area contributed by atoms with Gasteiger partial charge in [-0.1, -0.05) is 19.6 Å². The Morgan fingerprint density at radius 3 is 2.88 bits per heavy atom. The van der Waals surface area contributed by atoms with Crippen LogP contribution < -0.4 is 0 Å². The lowest BCUT2D eigenvalue weighted by Gasteiger charge is -2.15. The number of fused-ring (bicyclic) bond motifs is 1. The number of hydrogen-bond donors (Lipinski definition) is 1. The fourth-order valence-electron chi connectivity index (χ4n) is 2.52. The van der Waals surface area contributed by atoms with Gasteiger partial charge in [-0.2, -0.15) is 5.26 Å². The summed E-state index contributed by atoms with van der Waals surface area (Å²) in [5.74, 6) is 0. The Morgan fingerprint density at radius 2 is 2.12 bits per heavy atom. The van der Waals surface area contributed by atoms with E-state index in [0.717, 1.165) is 34.9 Å². The third-order valence-electron chi connectivity index (χ3n) is 3.90. The summed E-state index contributed by atoms with van der Waals surface area (Å²) in [7, 11) is -1.08. The van der Waals surface area contributed by atoms with E-state index in [1.807, 2.05) is 16.8 Å². The average molecular weight is 339 g/mol. The zero-order chi connectivity index (χ0) is 17.2. The molecule has 0 bridgehead atoms. The second-order valence-corrected chi connectivity index (χ2v) is 12.6. The van der Waals surface area contributed by atoms with Crippen molar-refractivity contribution in [3.8, 4) is 17.3 Å². The molecular formula is C17H21N5OSi. The molecular weight excluding hydrogens is 318 g/mol. The molecule has 7 heteroatoms. The highest BCUT2D eigenvalue weighted by Gasteiger charge is 2.15. The minimum atomic E-state index is -1.08. The standard InChI is InChI=1S/C17H21N5OSi/c1-24(2,3)7-6-23-12-22-5-4-14-16(20-11-21-17(14)22)15-10-19-9-13(15)8-18/h4-5,9-11,19H,6-7,12H2,1-3H3. The lowest BCUT2D eigenvalue weighted by atomic mass is 10.1. The van der Waals surface area contributed by atoms with Gasteiger partial charge in [-0.3, -0.25) is 0 Å². The summed E-state index contributed by atoms with van der Waals surface area (Å²) in [5.41, 5.74) is 2.95. The highest BCUT2D eigenvalue weighted by molar-refractivity contribution is 6.76. The Kier molecular flexibility index (Phi) is 4.51. The molecule has 0 aromatic carbocycles. The van der Waals surface area contributed by atoms with Crippen molar-refractivity contribution < 1.29 is 4.74 Å². The Bertz CT molecular complexity index is 884. The highest BCUT2D eigenvalue weighted by atomic mass is 28.3. The van der Waals surface area contributed by atoms with Crippen molar-refractivity contribution in [1.29, 1.82) is 5.26 Å². The quantitative estimate of drug-likeness (QED) is 0.549. The molecule has 124 valence electrons. The van der Waals surface area contributed by atoms with Gasteiger partial charge < -0.3 is 14.3 Å². The summed E-state index contributed by atoms with van der Waals surface area (Å²) in [6.07, 6.45) is 6.96. The van der Waals surface area contributed by atoms with Crippen LogP contribution in [-0.2, 0) is 11.5 Å². The first-order chi connectivity index (χ1) is 11.5. The molecule has 3 rings (SSSR count). The maximum atomic E-state index is 9.22. The number of hydrogen-bond acceptors (Lipinski definition) is 4. The van der Waals surface area contributed by atoms with Crippen LogP contribution in [0.1, 0.15) is 5.56 Å². The second kappa shape index (κ2) is 6.59. The molecule has 0 amide bonds. The lowest BCUT2D eigenvalue weighted by molar-refractivity contribution is 0.0899. The molecule has 0 fully saturated rings. The molecule has 1 N–H and O–H groups in total. The predicted octanol–water partition coefficient (Wildman–Crippen LogP) is 3.61. The van der Waals surface area contributed by atoms with Crippen LogP contribution in [0.3, 0.4) is 0 Å². The number of aromatic nitrogens is 4. The normalized spacial score (nSPS) is 11.8. The van der Waals surface area contributed by atoms with E-state index in [9.17, 15) is 5.26 Å². The number of nitriles is 1. The average Bonchev–Trinajstić information content (AvgIpc) is 3.17. The van der Waals surface area contributed by atoms with E-state index in [0.29, 0.717) is 12.3 Å². The van der Waals surface area contributed by atoms with E-state index in [2.05, 4.69) is 40.7 Å². The summed E-state index contributed by atoms with van der Waals surface area (Å²) < 4.78 is 7.79. The molecule has 0 spiro atoms. The van der Waals surface area contributed by atoms with Crippen molar-refractivity contribution in [3.63, 3.8) is 0 Å². The van der Waals surface area contributed by atoms with Crippen molar-refractivity contribution in [1.82, 2.24) is 19.5 Å². The van der Waals surface area contributed by atoms with Gasteiger partial charge in [0.15, 0.2) is 0 Å². The molecule has 0 saturated carbocycles. The number of ether oxygens (including phenoxy) is 1. The number of nitrogens with one attached hydrogen (secondary N) is 1. The molecule has 0 saturated heterocycles. The third-order valence-corrected chi connectivity index (χ3v) is 5.61. The van der Waals surface area contributed by atoms with Crippen LogP contribution in [-0.4, -0.2) is 34.2 Å². The largest absolute Gasteiger partial charge is 0.366 e. The van der Waals surface area contributed by atoms with E-state index in [1.165, 1.54) is 6.33 Å². The van der Waals surface area contributed by atoms with Gasteiger partial charge in [0, 0.05) is 44.2 Å². The van der Waals surface area contributed by atoms with Crippen LogP contribution in [0.5, 0.6) is 0 Å². The summed E-state index contributed by atoms with van der Waals surface area (Å²) in [5, 5.41) is 10.1. The molecule has 0 aliphatic carbocycles. The van der Waals surface area contributed by atoms with Gasteiger partial charge >= 0.3 is 0 Å². The van der Waals surface area contributed by atoms with Crippen LogP contribution in [0.2, 0.25) is 25.7 Å². The topological polar surface area (TPSA) is 79.5 Å². The maximum Gasteiger partial charge on any atom is 0.145 e. The molecule has 0 unspecified atom stereocenters. The number of aromatic amines is 1. The van der Waals surface area contributed by atoms with Crippen LogP contribution in [0.4, 0.5) is 0 Å². The van der Waals surface area contributed by atoms with E-state index in [4.69, 9.17) is 4.74 Å². The van der Waals surface area contributed by atoms with Crippen LogP contribution >= 0.6 is 0 Å². The van der Waals surface area contributed by atoms with E-state index in [1.54, 1.807) is 12.4 Å². The van der Waals surface area contributed by atoms with Gasteiger partial charge in [0.2, 0.25) is 0 Å². The van der Waals surface area contributed by atoms with E-state index < -0.39 is 8.07 Å². The zero-order valence-corrected chi connectivity index (χ0v) is 15.2. The van der Waals surface area contributed by atoms with Crippen molar-refractivity contribution >= 4 is 19.1 Å². The summed E-state index contributed by atoms with van der Waals surface area (Å²) in [6.45, 7) is 8.26. The molecule has 0 aliphatic rings. The first-order valence-corrected chi connectivity index (χ1v) is 11.6. The van der Waals surface area contributed by atoms with Crippen molar-refractivity contribution in [2.45, 2.75) is 32.4 Å². The Labute approximate surface area is 142 Å². The van der Waals surface area contributed by atoms with Gasteiger partial charge in [-0.05, 0) is 12.1 Å². The smallest absolute Gasteiger partial charge is 0.145 e. The van der Waals surface area contributed by atoms with Crippen molar-refractivity contribution in [2.75, 3.05) is 6.61 Å². The fraction of sp³-hybridized carbons (Fsp3) is 0.353. The summed E-state index contributed by atoms with van der Waals surface area (Å²) in [4.78, 5) is 11.7. The van der Waals surface area contributed by atoms with Gasteiger partial charge in [-0.15, -0.1) is 0 Å². The molecule has 3 aromatic rings. The Morgan fingerprint density at radius 1 is 1.29 bits per heavy atom. The van der Waals surface area contributed by atoms with Gasteiger partial charge in [0.05, 0.1) is 11.3 Å². The number of rotatable bonds is 6. The Hall–Kier alpha value is -2.43. The molecule has 3 heterocycles. The first-order valence-electron chi connectivity index (χ1n) is 7.94. The van der Waals surface area contributed by atoms with Gasteiger partial charge in [0.1, 0.15) is 24.8 Å².